The maximum atomic E-state index is 12.4. The van der Waals surface area contributed by atoms with Gasteiger partial charge in [-0.15, -0.1) is 10.2 Å². The SMILES string of the molecule is COC(=O)[C@@H](Cc1ccccc1)NC(=O)CSc1nnc2nc(C)cc(C)n12. The first kappa shape index (κ1) is 19.8. The number of amides is 1. The van der Waals surface area contributed by atoms with Gasteiger partial charge in [-0.1, -0.05) is 42.1 Å². The quantitative estimate of drug-likeness (QED) is 0.477. The van der Waals surface area contributed by atoms with Crippen molar-refractivity contribution < 1.29 is 14.3 Å². The van der Waals surface area contributed by atoms with E-state index in [9.17, 15) is 9.59 Å². The van der Waals surface area contributed by atoms with E-state index in [0.717, 1.165) is 17.0 Å². The molecule has 0 spiro atoms. The molecule has 2 aromatic heterocycles. The Labute approximate surface area is 166 Å². The van der Waals surface area contributed by atoms with E-state index in [0.29, 0.717) is 17.4 Å². The lowest BCUT2D eigenvalue weighted by Crippen LogP contribution is -2.43. The summed E-state index contributed by atoms with van der Waals surface area (Å²) in [4.78, 5) is 28.8. The van der Waals surface area contributed by atoms with E-state index in [4.69, 9.17) is 4.74 Å². The van der Waals surface area contributed by atoms with Crippen LogP contribution in [0, 0.1) is 13.8 Å². The van der Waals surface area contributed by atoms with Crippen LogP contribution in [0.25, 0.3) is 5.78 Å². The number of methoxy groups -OCH3 is 1. The van der Waals surface area contributed by atoms with Crippen molar-refractivity contribution in [1.82, 2.24) is 24.9 Å². The Hall–Kier alpha value is -2.94. The van der Waals surface area contributed by atoms with Crippen LogP contribution in [0.3, 0.4) is 0 Å². The Bertz CT molecular complexity index is 990. The van der Waals surface area contributed by atoms with E-state index < -0.39 is 12.0 Å². The number of hydrogen-bond acceptors (Lipinski definition) is 7. The standard InChI is InChI=1S/C19H21N5O3S/c1-12-9-13(2)24-18(20-12)22-23-19(24)28-11-16(25)21-15(17(26)27-3)10-14-7-5-4-6-8-14/h4-9,15H,10-11H2,1-3H3,(H,21,25)/t15-/m1/s1. The van der Waals surface area contributed by atoms with Crippen LogP contribution in [-0.4, -0.2) is 50.4 Å². The number of nitrogens with zero attached hydrogens (tertiary/aromatic N) is 4. The number of aromatic nitrogens is 4. The number of nitrogens with one attached hydrogen (secondary N) is 1. The van der Waals surface area contributed by atoms with E-state index in [-0.39, 0.29) is 11.7 Å². The fourth-order valence-corrected chi connectivity index (χ4v) is 3.64. The van der Waals surface area contributed by atoms with Gasteiger partial charge in [0.1, 0.15) is 6.04 Å². The lowest BCUT2D eigenvalue weighted by molar-refractivity contribution is -0.144. The van der Waals surface area contributed by atoms with Crippen LogP contribution in [0.1, 0.15) is 17.0 Å². The number of rotatable bonds is 7. The molecule has 1 aromatic carbocycles. The first-order valence-electron chi connectivity index (χ1n) is 8.71. The lowest BCUT2D eigenvalue weighted by Gasteiger charge is -2.16. The minimum absolute atomic E-state index is 0.0936. The van der Waals surface area contributed by atoms with E-state index in [1.165, 1.54) is 18.9 Å². The van der Waals surface area contributed by atoms with Gasteiger partial charge in [-0.2, -0.15) is 0 Å². The third-order valence-electron chi connectivity index (χ3n) is 4.10. The second-order valence-electron chi connectivity index (χ2n) is 6.28. The minimum atomic E-state index is -0.748. The fourth-order valence-electron chi connectivity index (χ4n) is 2.85. The van der Waals surface area contributed by atoms with Crippen molar-refractivity contribution in [2.75, 3.05) is 12.9 Å². The molecule has 8 nitrogen and oxygen atoms in total. The summed E-state index contributed by atoms with van der Waals surface area (Å²) in [6.45, 7) is 3.82. The number of fused-ring (bicyclic) bond motifs is 1. The predicted octanol–water partition coefficient (Wildman–Crippen LogP) is 1.73. The van der Waals surface area contributed by atoms with Crippen molar-refractivity contribution in [2.45, 2.75) is 31.5 Å². The topological polar surface area (TPSA) is 98.5 Å². The maximum Gasteiger partial charge on any atom is 0.328 e. The zero-order chi connectivity index (χ0) is 20.1. The summed E-state index contributed by atoms with van der Waals surface area (Å²) in [5.41, 5.74) is 2.73. The van der Waals surface area contributed by atoms with Crippen LogP contribution in [0.15, 0.2) is 41.6 Å². The molecule has 0 aliphatic rings. The molecular formula is C19H21N5O3S. The summed E-state index contributed by atoms with van der Waals surface area (Å²) in [5, 5.41) is 11.5. The first-order valence-corrected chi connectivity index (χ1v) is 9.70. The summed E-state index contributed by atoms with van der Waals surface area (Å²) in [5.74, 6) is -0.176. The first-order chi connectivity index (χ1) is 13.5. The molecule has 3 rings (SSSR count). The summed E-state index contributed by atoms with van der Waals surface area (Å²) >= 11 is 1.24. The normalized spacial score (nSPS) is 12.0. The Kier molecular flexibility index (Phi) is 6.25. The van der Waals surface area contributed by atoms with Gasteiger partial charge in [0.25, 0.3) is 5.78 Å². The number of carbonyl (C=O) groups excluding carboxylic acids is 2. The average Bonchev–Trinajstić information content (AvgIpc) is 3.09. The molecule has 1 amide bonds. The largest absolute Gasteiger partial charge is 0.467 e. The molecule has 1 N–H and O–H groups in total. The number of carbonyl (C=O) groups is 2. The van der Waals surface area contributed by atoms with Gasteiger partial charge in [-0.05, 0) is 25.5 Å². The summed E-state index contributed by atoms with van der Waals surface area (Å²) in [6.07, 6.45) is 0.361. The smallest absolute Gasteiger partial charge is 0.328 e. The molecule has 0 saturated heterocycles. The molecule has 0 bridgehead atoms. The van der Waals surface area contributed by atoms with E-state index in [2.05, 4.69) is 20.5 Å². The number of thioether (sulfide) groups is 1. The van der Waals surface area contributed by atoms with Gasteiger partial charge in [-0.25, -0.2) is 9.78 Å². The Morgan fingerprint density at radius 3 is 2.68 bits per heavy atom. The highest BCUT2D eigenvalue weighted by molar-refractivity contribution is 7.99. The van der Waals surface area contributed by atoms with Crippen LogP contribution in [0.2, 0.25) is 0 Å². The second kappa shape index (κ2) is 8.83. The molecule has 0 unspecified atom stereocenters. The zero-order valence-corrected chi connectivity index (χ0v) is 16.7. The highest BCUT2D eigenvalue weighted by atomic mass is 32.2. The minimum Gasteiger partial charge on any atom is -0.467 e. The molecule has 0 aliphatic carbocycles. The lowest BCUT2D eigenvalue weighted by atomic mass is 10.1. The van der Waals surface area contributed by atoms with Gasteiger partial charge >= 0.3 is 5.97 Å². The number of hydrogen-bond donors (Lipinski definition) is 1. The van der Waals surface area contributed by atoms with E-state index in [1.807, 2.05) is 50.2 Å². The van der Waals surface area contributed by atoms with Gasteiger partial charge in [-0.3, -0.25) is 9.20 Å². The van der Waals surface area contributed by atoms with Gasteiger partial charge in [0.2, 0.25) is 5.91 Å². The second-order valence-corrected chi connectivity index (χ2v) is 7.22. The Morgan fingerprint density at radius 1 is 1.21 bits per heavy atom. The molecule has 0 radical (unpaired) electrons. The van der Waals surface area contributed by atoms with Gasteiger partial charge in [0.15, 0.2) is 5.16 Å². The molecule has 146 valence electrons. The summed E-state index contributed by atoms with van der Waals surface area (Å²) in [7, 11) is 1.31. The third kappa shape index (κ3) is 4.66. The van der Waals surface area contributed by atoms with Crippen molar-refractivity contribution in [3.8, 4) is 0 Å². The highest BCUT2D eigenvalue weighted by Crippen LogP contribution is 2.18. The average molecular weight is 399 g/mol. The van der Waals surface area contributed by atoms with Crippen molar-refractivity contribution >= 4 is 29.4 Å². The van der Waals surface area contributed by atoms with Crippen LogP contribution >= 0.6 is 11.8 Å². The fraction of sp³-hybridized carbons (Fsp3) is 0.316. The number of ether oxygens (including phenoxy) is 1. The molecule has 1 atom stereocenters. The summed E-state index contributed by atoms with van der Waals surface area (Å²) < 4.78 is 6.62. The molecule has 3 aromatic rings. The molecule has 2 heterocycles. The molecular weight excluding hydrogens is 378 g/mol. The predicted molar refractivity (Wildman–Crippen MR) is 105 cm³/mol. The van der Waals surface area contributed by atoms with Gasteiger partial charge in [0, 0.05) is 17.8 Å². The van der Waals surface area contributed by atoms with Crippen molar-refractivity contribution in [3.63, 3.8) is 0 Å². The Balaban J connectivity index is 1.66. The molecule has 28 heavy (non-hydrogen) atoms. The molecule has 0 aliphatic heterocycles. The number of esters is 1. The summed E-state index contributed by atoms with van der Waals surface area (Å²) in [6, 6.07) is 10.6. The molecule has 0 saturated carbocycles. The number of benzene rings is 1. The van der Waals surface area contributed by atoms with Crippen molar-refractivity contribution in [1.29, 1.82) is 0 Å². The number of aryl methyl sites for hydroxylation is 2. The molecule has 9 heteroatoms. The molecule has 0 fully saturated rings. The van der Waals surface area contributed by atoms with Crippen LogP contribution in [0.5, 0.6) is 0 Å². The Morgan fingerprint density at radius 2 is 1.96 bits per heavy atom. The third-order valence-corrected chi connectivity index (χ3v) is 5.03. The monoisotopic (exact) mass is 399 g/mol. The van der Waals surface area contributed by atoms with Crippen molar-refractivity contribution in [2.24, 2.45) is 0 Å². The highest BCUT2D eigenvalue weighted by Gasteiger charge is 2.22. The van der Waals surface area contributed by atoms with E-state index in [1.54, 1.807) is 4.40 Å². The van der Waals surface area contributed by atoms with Gasteiger partial charge in [0.05, 0.1) is 12.9 Å². The van der Waals surface area contributed by atoms with Crippen molar-refractivity contribution in [3.05, 3.63) is 53.3 Å². The van der Waals surface area contributed by atoms with Crippen LogP contribution in [-0.2, 0) is 20.7 Å². The zero-order valence-electron chi connectivity index (χ0n) is 15.9. The van der Waals surface area contributed by atoms with E-state index >= 15 is 0 Å². The van der Waals surface area contributed by atoms with Crippen LogP contribution < -0.4 is 5.32 Å². The van der Waals surface area contributed by atoms with Gasteiger partial charge < -0.3 is 10.1 Å². The van der Waals surface area contributed by atoms with Crippen LogP contribution in [0.4, 0.5) is 0 Å². The maximum absolute atomic E-state index is 12.4.